The summed E-state index contributed by atoms with van der Waals surface area (Å²) in [6.07, 6.45) is 1.99. The van der Waals surface area contributed by atoms with E-state index in [9.17, 15) is 0 Å². The number of thioether (sulfide) groups is 1. The van der Waals surface area contributed by atoms with Crippen LogP contribution in [0.4, 0.5) is 5.82 Å². The molecule has 3 aromatic rings. The van der Waals surface area contributed by atoms with Crippen LogP contribution in [-0.4, -0.2) is 48.4 Å². The van der Waals surface area contributed by atoms with Gasteiger partial charge in [0.15, 0.2) is 0 Å². The van der Waals surface area contributed by atoms with Gasteiger partial charge >= 0.3 is 0 Å². The van der Waals surface area contributed by atoms with E-state index in [1.165, 1.54) is 16.0 Å². The lowest BCUT2D eigenvalue weighted by atomic mass is 10.1. The van der Waals surface area contributed by atoms with Crippen LogP contribution in [0.5, 0.6) is 0 Å². The molecule has 0 spiro atoms. The number of piperazine rings is 1. The molecule has 1 fully saturated rings. The largest absolute Gasteiger partial charge is 0.354 e. The summed E-state index contributed by atoms with van der Waals surface area (Å²) in [7, 11) is 0. The number of aromatic nitrogens is 1. The minimum atomic E-state index is 1.05. The van der Waals surface area contributed by atoms with E-state index >= 15 is 0 Å². The van der Waals surface area contributed by atoms with Crippen molar-refractivity contribution < 1.29 is 0 Å². The fourth-order valence-corrected chi connectivity index (χ4v) is 4.32. The summed E-state index contributed by atoms with van der Waals surface area (Å²) in [5.74, 6) is 2.24. The van der Waals surface area contributed by atoms with Gasteiger partial charge in [0, 0.05) is 55.1 Å². The number of anilines is 1. The molecule has 0 amide bonds. The van der Waals surface area contributed by atoms with E-state index < -0.39 is 0 Å². The summed E-state index contributed by atoms with van der Waals surface area (Å²) in [6, 6.07) is 25.4. The molecule has 27 heavy (non-hydrogen) atoms. The van der Waals surface area contributed by atoms with E-state index in [4.69, 9.17) is 4.98 Å². The fourth-order valence-electron chi connectivity index (χ4n) is 3.38. The van der Waals surface area contributed by atoms with Gasteiger partial charge < -0.3 is 4.90 Å². The zero-order valence-electron chi connectivity index (χ0n) is 15.5. The van der Waals surface area contributed by atoms with E-state index in [1.54, 1.807) is 0 Å². The predicted molar refractivity (Wildman–Crippen MR) is 115 cm³/mol. The topological polar surface area (TPSA) is 19.4 Å². The van der Waals surface area contributed by atoms with Crippen LogP contribution < -0.4 is 4.90 Å². The van der Waals surface area contributed by atoms with E-state index in [0.29, 0.717) is 0 Å². The molecule has 0 atom stereocenters. The Labute approximate surface area is 166 Å². The van der Waals surface area contributed by atoms with Gasteiger partial charge in [0.05, 0.1) is 0 Å². The zero-order valence-corrected chi connectivity index (χ0v) is 16.3. The molecule has 1 aliphatic heterocycles. The normalized spacial score (nSPS) is 15.0. The van der Waals surface area contributed by atoms with Crippen LogP contribution in [-0.2, 0) is 0 Å². The van der Waals surface area contributed by atoms with Crippen molar-refractivity contribution in [3.05, 3.63) is 79.0 Å². The molecule has 4 heteroatoms. The second-order valence-electron chi connectivity index (χ2n) is 6.76. The number of rotatable bonds is 6. The maximum atomic E-state index is 4.71. The van der Waals surface area contributed by atoms with Gasteiger partial charge in [-0.05, 0) is 29.8 Å². The molecule has 0 bridgehead atoms. The number of nitrogens with zero attached hydrogens (tertiary/aromatic N) is 3. The van der Waals surface area contributed by atoms with Gasteiger partial charge in [-0.15, -0.1) is 11.8 Å². The smallest absolute Gasteiger partial charge is 0.128 e. The molecule has 2 heterocycles. The van der Waals surface area contributed by atoms with Crippen LogP contribution in [0.2, 0.25) is 0 Å². The molecule has 0 saturated carbocycles. The van der Waals surface area contributed by atoms with Gasteiger partial charge in [-0.25, -0.2) is 4.98 Å². The Morgan fingerprint density at radius 1 is 0.741 bits per heavy atom. The highest BCUT2D eigenvalue weighted by Crippen LogP contribution is 2.22. The summed E-state index contributed by atoms with van der Waals surface area (Å²) >= 11 is 1.94. The second kappa shape index (κ2) is 9.07. The zero-order chi connectivity index (χ0) is 18.3. The Hall–Kier alpha value is -2.30. The summed E-state index contributed by atoms with van der Waals surface area (Å²) in [5, 5.41) is 0. The highest BCUT2D eigenvalue weighted by molar-refractivity contribution is 7.99. The van der Waals surface area contributed by atoms with Crippen molar-refractivity contribution in [3.63, 3.8) is 0 Å². The van der Waals surface area contributed by atoms with Gasteiger partial charge in [-0.1, -0.05) is 48.5 Å². The summed E-state index contributed by atoms with van der Waals surface area (Å²) < 4.78 is 0. The second-order valence-corrected chi connectivity index (χ2v) is 7.93. The number of pyridine rings is 1. The van der Waals surface area contributed by atoms with E-state index in [0.717, 1.165) is 44.3 Å². The van der Waals surface area contributed by atoms with Crippen LogP contribution in [0.3, 0.4) is 0 Å². The minimum absolute atomic E-state index is 1.05. The SMILES string of the molecule is c1ccc(SCCN2CCN(c3ccc(-c4ccccc4)cn3)CC2)cc1. The van der Waals surface area contributed by atoms with Gasteiger partial charge in [0.2, 0.25) is 0 Å². The van der Waals surface area contributed by atoms with Crippen molar-refractivity contribution in [1.82, 2.24) is 9.88 Å². The Balaban J connectivity index is 1.25. The quantitative estimate of drug-likeness (QED) is 0.583. The average Bonchev–Trinajstić information content (AvgIpc) is 2.76. The highest BCUT2D eigenvalue weighted by Gasteiger charge is 2.17. The Morgan fingerprint density at radius 2 is 1.44 bits per heavy atom. The van der Waals surface area contributed by atoms with Crippen LogP contribution in [0, 0.1) is 0 Å². The lowest BCUT2D eigenvalue weighted by Crippen LogP contribution is -2.47. The summed E-state index contributed by atoms with van der Waals surface area (Å²) in [5.41, 5.74) is 2.40. The lowest BCUT2D eigenvalue weighted by molar-refractivity contribution is 0.272. The first-order valence-corrected chi connectivity index (χ1v) is 10.5. The van der Waals surface area contributed by atoms with Crippen LogP contribution >= 0.6 is 11.8 Å². The Morgan fingerprint density at radius 3 is 2.11 bits per heavy atom. The molecule has 3 nitrogen and oxygen atoms in total. The third kappa shape index (κ3) is 4.90. The van der Waals surface area contributed by atoms with Crippen molar-refractivity contribution in [2.45, 2.75) is 4.90 Å². The molecule has 1 aromatic heterocycles. The molecule has 0 unspecified atom stereocenters. The minimum Gasteiger partial charge on any atom is -0.354 e. The standard InChI is InChI=1S/C23H25N3S/c1-3-7-20(8-4-1)21-11-12-23(24-19-21)26-15-13-25(14-16-26)17-18-27-22-9-5-2-6-10-22/h1-12,19H,13-18H2. The van der Waals surface area contributed by atoms with Crippen molar-refractivity contribution in [3.8, 4) is 11.1 Å². The molecule has 0 radical (unpaired) electrons. The molecule has 2 aromatic carbocycles. The highest BCUT2D eigenvalue weighted by atomic mass is 32.2. The van der Waals surface area contributed by atoms with Crippen LogP contribution in [0.1, 0.15) is 0 Å². The van der Waals surface area contributed by atoms with Gasteiger partial charge in [0.1, 0.15) is 5.82 Å². The fraction of sp³-hybridized carbons (Fsp3) is 0.261. The molecular weight excluding hydrogens is 350 g/mol. The summed E-state index contributed by atoms with van der Waals surface area (Å²) in [4.78, 5) is 11.0. The molecular formula is C23H25N3S. The molecule has 1 aliphatic rings. The predicted octanol–water partition coefficient (Wildman–Crippen LogP) is 4.66. The first kappa shape index (κ1) is 18.1. The van der Waals surface area contributed by atoms with Crippen molar-refractivity contribution in [2.75, 3.05) is 43.4 Å². The van der Waals surface area contributed by atoms with Gasteiger partial charge in [-0.3, -0.25) is 4.90 Å². The van der Waals surface area contributed by atoms with Crippen molar-refractivity contribution >= 4 is 17.6 Å². The Kier molecular flexibility index (Phi) is 6.07. The maximum Gasteiger partial charge on any atom is 0.128 e. The monoisotopic (exact) mass is 375 g/mol. The number of benzene rings is 2. The van der Waals surface area contributed by atoms with Crippen LogP contribution in [0.25, 0.3) is 11.1 Å². The van der Waals surface area contributed by atoms with Crippen molar-refractivity contribution in [2.24, 2.45) is 0 Å². The number of hydrogen-bond acceptors (Lipinski definition) is 4. The maximum absolute atomic E-state index is 4.71. The first-order valence-electron chi connectivity index (χ1n) is 9.55. The lowest BCUT2D eigenvalue weighted by Gasteiger charge is -2.35. The Bertz CT molecular complexity index is 813. The van der Waals surface area contributed by atoms with E-state index in [-0.39, 0.29) is 0 Å². The molecule has 4 rings (SSSR count). The van der Waals surface area contributed by atoms with Crippen molar-refractivity contribution in [1.29, 1.82) is 0 Å². The van der Waals surface area contributed by atoms with E-state index in [2.05, 4.69) is 76.5 Å². The van der Waals surface area contributed by atoms with Gasteiger partial charge in [-0.2, -0.15) is 0 Å². The third-order valence-electron chi connectivity index (χ3n) is 4.97. The molecule has 0 N–H and O–H groups in total. The first-order chi connectivity index (χ1) is 13.4. The molecule has 0 aliphatic carbocycles. The van der Waals surface area contributed by atoms with Gasteiger partial charge in [0.25, 0.3) is 0 Å². The molecule has 1 saturated heterocycles. The number of hydrogen-bond donors (Lipinski definition) is 0. The molecule has 138 valence electrons. The van der Waals surface area contributed by atoms with E-state index in [1.807, 2.05) is 24.0 Å². The average molecular weight is 376 g/mol. The van der Waals surface area contributed by atoms with Crippen LogP contribution in [0.15, 0.2) is 83.9 Å². The third-order valence-corrected chi connectivity index (χ3v) is 5.96. The summed E-state index contributed by atoms with van der Waals surface area (Å²) in [6.45, 7) is 5.46.